The molecule has 0 aliphatic heterocycles. The van der Waals surface area contributed by atoms with Crippen LogP contribution in [0.2, 0.25) is 5.02 Å². The van der Waals surface area contributed by atoms with E-state index >= 15 is 0 Å². The second-order valence-electron chi connectivity index (χ2n) is 6.05. The molecule has 0 atom stereocenters. The predicted octanol–water partition coefficient (Wildman–Crippen LogP) is 4.65. The van der Waals surface area contributed by atoms with Gasteiger partial charge in [0.2, 0.25) is 0 Å². The van der Waals surface area contributed by atoms with Gasteiger partial charge < -0.3 is 10.1 Å². The van der Waals surface area contributed by atoms with Crippen molar-refractivity contribution in [2.75, 3.05) is 13.2 Å². The van der Waals surface area contributed by atoms with E-state index in [0.717, 1.165) is 48.9 Å². The summed E-state index contributed by atoms with van der Waals surface area (Å²) in [6.45, 7) is 11.3. The molecule has 0 saturated carbocycles. The van der Waals surface area contributed by atoms with Crippen LogP contribution in [-0.2, 0) is 6.54 Å². The van der Waals surface area contributed by atoms with Crippen molar-refractivity contribution < 1.29 is 4.74 Å². The molecule has 3 heteroatoms. The molecule has 1 rings (SSSR count). The Morgan fingerprint density at radius 3 is 2.63 bits per heavy atom. The number of benzene rings is 1. The maximum atomic E-state index is 6.26. The third kappa shape index (κ3) is 6.31. The summed E-state index contributed by atoms with van der Waals surface area (Å²) in [6, 6.07) is 5.86. The quantitative estimate of drug-likeness (QED) is 0.735. The normalized spacial score (nSPS) is 11.6. The van der Waals surface area contributed by atoms with E-state index in [1.807, 2.05) is 18.2 Å². The number of hydrogen-bond donors (Lipinski definition) is 1. The van der Waals surface area contributed by atoms with Crippen molar-refractivity contribution in [3.8, 4) is 5.75 Å². The molecule has 2 nitrogen and oxygen atoms in total. The summed E-state index contributed by atoms with van der Waals surface area (Å²) in [7, 11) is 0. The molecule has 0 aliphatic carbocycles. The van der Waals surface area contributed by atoms with Gasteiger partial charge in [0.1, 0.15) is 5.75 Å². The molecule has 0 bridgehead atoms. The lowest BCUT2D eigenvalue weighted by Gasteiger charge is -2.19. The van der Waals surface area contributed by atoms with Crippen molar-refractivity contribution in [1.29, 1.82) is 0 Å². The minimum atomic E-state index is 0.291. The topological polar surface area (TPSA) is 21.3 Å². The Morgan fingerprint density at radius 2 is 2.00 bits per heavy atom. The van der Waals surface area contributed by atoms with E-state index in [2.05, 4.69) is 33.0 Å². The molecule has 0 amide bonds. The highest BCUT2D eigenvalue weighted by molar-refractivity contribution is 6.31. The standard InChI is InChI=1S/C16H26ClNO/c1-5-10-18-12-13-14(17)7-6-8-15(13)19-11-9-16(2,3)4/h6-8,18H,5,9-12H2,1-4H3. The molecule has 0 unspecified atom stereocenters. The number of halogens is 1. The molecule has 0 radical (unpaired) electrons. The summed E-state index contributed by atoms with van der Waals surface area (Å²) in [5, 5.41) is 4.15. The zero-order chi connectivity index (χ0) is 14.3. The van der Waals surface area contributed by atoms with Gasteiger partial charge in [-0.3, -0.25) is 0 Å². The maximum Gasteiger partial charge on any atom is 0.125 e. The number of hydrogen-bond acceptors (Lipinski definition) is 2. The fourth-order valence-corrected chi connectivity index (χ4v) is 1.94. The number of rotatable bonds is 7. The van der Waals surface area contributed by atoms with Crippen LogP contribution in [0, 0.1) is 5.41 Å². The molecular formula is C16H26ClNO. The van der Waals surface area contributed by atoms with Gasteiger partial charge in [0.05, 0.1) is 6.61 Å². The van der Waals surface area contributed by atoms with E-state index in [-0.39, 0.29) is 0 Å². The molecule has 108 valence electrons. The van der Waals surface area contributed by atoms with Crippen LogP contribution in [0.1, 0.15) is 46.1 Å². The average Bonchev–Trinajstić information content (AvgIpc) is 2.31. The van der Waals surface area contributed by atoms with Crippen LogP contribution in [0.5, 0.6) is 5.75 Å². The molecule has 1 aromatic carbocycles. The zero-order valence-electron chi connectivity index (χ0n) is 12.6. The van der Waals surface area contributed by atoms with Crippen LogP contribution in [0.15, 0.2) is 18.2 Å². The first kappa shape index (κ1) is 16.3. The summed E-state index contributed by atoms with van der Waals surface area (Å²) in [5.74, 6) is 0.903. The Kier molecular flexibility index (Phi) is 6.67. The third-order valence-electron chi connectivity index (χ3n) is 2.91. The molecule has 0 spiro atoms. The Balaban J connectivity index is 2.63. The lowest BCUT2D eigenvalue weighted by molar-refractivity contribution is 0.241. The van der Waals surface area contributed by atoms with E-state index in [1.165, 1.54) is 0 Å². The number of ether oxygens (including phenoxy) is 1. The Morgan fingerprint density at radius 1 is 1.26 bits per heavy atom. The fourth-order valence-electron chi connectivity index (χ4n) is 1.70. The SMILES string of the molecule is CCCNCc1c(Cl)cccc1OCCC(C)(C)C. The largest absolute Gasteiger partial charge is 0.493 e. The molecule has 0 saturated heterocycles. The van der Waals surface area contributed by atoms with Gasteiger partial charge in [-0.05, 0) is 36.9 Å². The molecule has 1 aromatic rings. The molecule has 0 aliphatic rings. The second kappa shape index (κ2) is 7.76. The fraction of sp³-hybridized carbons (Fsp3) is 0.625. The average molecular weight is 284 g/mol. The van der Waals surface area contributed by atoms with Gasteiger partial charge in [0.15, 0.2) is 0 Å². The van der Waals surface area contributed by atoms with Crippen LogP contribution < -0.4 is 10.1 Å². The number of nitrogens with one attached hydrogen (secondary N) is 1. The second-order valence-corrected chi connectivity index (χ2v) is 6.46. The van der Waals surface area contributed by atoms with Crippen molar-refractivity contribution in [3.63, 3.8) is 0 Å². The monoisotopic (exact) mass is 283 g/mol. The van der Waals surface area contributed by atoms with E-state index in [9.17, 15) is 0 Å². The highest BCUT2D eigenvalue weighted by atomic mass is 35.5. The van der Waals surface area contributed by atoms with Gasteiger partial charge in [-0.15, -0.1) is 0 Å². The molecule has 0 heterocycles. The van der Waals surface area contributed by atoms with Crippen molar-refractivity contribution in [2.45, 2.75) is 47.1 Å². The zero-order valence-corrected chi connectivity index (χ0v) is 13.3. The molecule has 1 N–H and O–H groups in total. The lowest BCUT2D eigenvalue weighted by atomic mass is 9.93. The van der Waals surface area contributed by atoms with Gasteiger partial charge >= 0.3 is 0 Å². The Hall–Kier alpha value is -0.730. The smallest absolute Gasteiger partial charge is 0.125 e. The molecule has 0 fully saturated rings. The van der Waals surface area contributed by atoms with Crippen molar-refractivity contribution in [3.05, 3.63) is 28.8 Å². The minimum Gasteiger partial charge on any atom is -0.493 e. The summed E-state index contributed by atoms with van der Waals surface area (Å²) < 4.78 is 5.90. The van der Waals surface area contributed by atoms with Crippen LogP contribution in [0.25, 0.3) is 0 Å². The van der Waals surface area contributed by atoms with Crippen LogP contribution in [0.3, 0.4) is 0 Å². The van der Waals surface area contributed by atoms with E-state index in [0.29, 0.717) is 5.41 Å². The first-order valence-corrected chi connectivity index (χ1v) is 7.43. The van der Waals surface area contributed by atoms with Crippen molar-refractivity contribution >= 4 is 11.6 Å². The van der Waals surface area contributed by atoms with Crippen molar-refractivity contribution in [2.24, 2.45) is 5.41 Å². The summed E-state index contributed by atoms with van der Waals surface area (Å²) in [6.07, 6.45) is 2.14. The summed E-state index contributed by atoms with van der Waals surface area (Å²) in [4.78, 5) is 0. The first-order chi connectivity index (χ1) is 8.94. The van der Waals surface area contributed by atoms with Gasteiger partial charge in [-0.2, -0.15) is 0 Å². The molecular weight excluding hydrogens is 258 g/mol. The highest BCUT2D eigenvalue weighted by Gasteiger charge is 2.12. The third-order valence-corrected chi connectivity index (χ3v) is 3.27. The van der Waals surface area contributed by atoms with E-state index in [4.69, 9.17) is 16.3 Å². The summed E-state index contributed by atoms with van der Waals surface area (Å²) in [5.41, 5.74) is 1.35. The van der Waals surface area contributed by atoms with E-state index < -0.39 is 0 Å². The Labute approximate surface area is 122 Å². The van der Waals surface area contributed by atoms with Crippen LogP contribution in [-0.4, -0.2) is 13.2 Å². The Bertz CT molecular complexity index is 385. The predicted molar refractivity (Wildman–Crippen MR) is 83.0 cm³/mol. The van der Waals surface area contributed by atoms with E-state index in [1.54, 1.807) is 0 Å². The molecule has 0 aromatic heterocycles. The van der Waals surface area contributed by atoms with Crippen LogP contribution in [0.4, 0.5) is 0 Å². The van der Waals surface area contributed by atoms with Crippen LogP contribution >= 0.6 is 11.6 Å². The maximum absolute atomic E-state index is 6.26. The first-order valence-electron chi connectivity index (χ1n) is 7.05. The van der Waals surface area contributed by atoms with Gasteiger partial charge in [0, 0.05) is 17.1 Å². The van der Waals surface area contributed by atoms with Gasteiger partial charge in [-0.25, -0.2) is 0 Å². The lowest BCUT2D eigenvalue weighted by Crippen LogP contribution is -2.16. The molecule has 19 heavy (non-hydrogen) atoms. The minimum absolute atomic E-state index is 0.291. The highest BCUT2D eigenvalue weighted by Crippen LogP contribution is 2.27. The van der Waals surface area contributed by atoms with Gasteiger partial charge in [0.25, 0.3) is 0 Å². The summed E-state index contributed by atoms with van der Waals surface area (Å²) >= 11 is 6.26. The van der Waals surface area contributed by atoms with Gasteiger partial charge in [-0.1, -0.05) is 45.4 Å². The van der Waals surface area contributed by atoms with Crippen molar-refractivity contribution in [1.82, 2.24) is 5.32 Å².